The molecule has 100 valence electrons. The number of carbonyl (C=O) groups excluding carboxylic acids is 1. The molecule has 0 saturated heterocycles. The van der Waals surface area contributed by atoms with Crippen LogP contribution in [-0.2, 0) is 11.3 Å². The van der Waals surface area contributed by atoms with Crippen LogP contribution in [0.15, 0.2) is 10.2 Å². The summed E-state index contributed by atoms with van der Waals surface area (Å²) in [6.45, 7) is 4.26. The molecular formula is C13H20N2O2S. The normalized spacial score (nSPS) is 23.9. The molecule has 1 aromatic rings. The third kappa shape index (κ3) is 3.22. The van der Waals surface area contributed by atoms with E-state index in [9.17, 15) is 9.59 Å². The van der Waals surface area contributed by atoms with E-state index >= 15 is 0 Å². The van der Waals surface area contributed by atoms with Crippen LogP contribution in [0.2, 0.25) is 0 Å². The van der Waals surface area contributed by atoms with Crippen molar-refractivity contribution in [1.82, 2.24) is 9.88 Å². The lowest BCUT2D eigenvalue weighted by atomic mass is 9.87. The quantitative estimate of drug-likeness (QED) is 0.910. The van der Waals surface area contributed by atoms with Gasteiger partial charge in [0.1, 0.15) is 6.54 Å². The number of nitrogens with zero attached hydrogens (tertiary/aromatic N) is 1. The minimum absolute atomic E-state index is 0.0434. The van der Waals surface area contributed by atoms with Crippen molar-refractivity contribution < 1.29 is 4.79 Å². The largest absolute Gasteiger partial charge is 0.352 e. The van der Waals surface area contributed by atoms with Crippen LogP contribution in [0.1, 0.15) is 38.3 Å². The molecule has 1 saturated carbocycles. The van der Waals surface area contributed by atoms with Gasteiger partial charge in [-0.25, -0.2) is 0 Å². The van der Waals surface area contributed by atoms with Crippen LogP contribution in [0.5, 0.6) is 0 Å². The predicted molar refractivity (Wildman–Crippen MR) is 72.9 cm³/mol. The minimum Gasteiger partial charge on any atom is -0.352 e. The molecule has 4 nitrogen and oxygen atoms in total. The summed E-state index contributed by atoms with van der Waals surface area (Å²) in [5, 5.41) is 4.83. The Morgan fingerprint density at radius 2 is 2.11 bits per heavy atom. The Morgan fingerprint density at radius 1 is 1.44 bits per heavy atom. The summed E-state index contributed by atoms with van der Waals surface area (Å²) >= 11 is 1.15. The van der Waals surface area contributed by atoms with E-state index in [0.717, 1.165) is 35.8 Å². The first-order valence-corrected chi connectivity index (χ1v) is 7.38. The van der Waals surface area contributed by atoms with Gasteiger partial charge < -0.3 is 5.32 Å². The van der Waals surface area contributed by atoms with Gasteiger partial charge >= 0.3 is 4.87 Å². The van der Waals surface area contributed by atoms with Crippen molar-refractivity contribution in [2.75, 3.05) is 0 Å². The molecule has 1 N–H and O–H groups in total. The van der Waals surface area contributed by atoms with Crippen LogP contribution in [-0.4, -0.2) is 16.5 Å². The zero-order valence-electron chi connectivity index (χ0n) is 10.9. The molecule has 1 aromatic heterocycles. The van der Waals surface area contributed by atoms with Gasteiger partial charge in [-0.1, -0.05) is 18.3 Å². The Labute approximate surface area is 111 Å². The molecule has 0 atom stereocenters. The lowest BCUT2D eigenvalue weighted by Crippen LogP contribution is -2.40. The molecule has 0 unspecified atom stereocenters. The highest BCUT2D eigenvalue weighted by Gasteiger charge is 2.20. The third-order valence-electron chi connectivity index (χ3n) is 3.66. The number of carbonyl (C=O) groups is 1. The van der Waals surface area contributed by atoms with Gasteiger partial charge in [0.05, 0.1) is 0 Å². The number of aryl methyl sites for hydroxylation is 1. The van der Waals surface area contributed by atoms with Crippen molar-refractivity contribution in [3.05, 3.63) is 20.7 Å². The summed E-state index contributed by atoms with van der Waals surface area (Å²) in [6.07, 6.45) is 4.49. The van der Waals surface area contributed by atoms with Gasteiger partial charge in [-0.2, -0.15) is 0 Å². The number of hydrogen-bond acceptors (Lipinski definition) is 3. The van der Waals surface area contributed by atoms with E-state index in [0.29, 0.717) is 6.04 Å². The number of hydrogen-bond donors (Lipinski definition) is 1. The standard InChI is InChI=1S/C13H20N2O2S/c1-9-3-5-11(6-4-9)14-12(16)7-15-10(2)8-18-13(15)17/h8-9,11H,3-7H2,1-2H3,(H,14,16). The summed E-state index contributed by atoms with van der Waals surface area (Å²) in [7, 11) is 0. The van der Waals surface area contributed by atoms with E-state index in [-0.39, 0.29) is 17.3 Å². The first-order valence-electron chi connectivity index (χ1n) is 6.50. The molecule has 1 fully saturated rings. The second kappa shape index (κ2) is 5.69. The minimum atomic E-state index is -0.0556. The molecule has 0 spiro atoms. The van der Waals surface area contributed by atoms with Gasteiger partial charge in [0.15, 0.2) is 0 Å². The van der Waals surface area contributed by atoms with Gasteiger partial charge in [-0.3, -0.25) is 14.2 Å². The monoisotopic (exact) mass is 268 g/mol. The Morgan fingerprint density at radius 3 is 2.67 bits per heavy atom. The van der Waals surface area contributed by atoms with Gasteiger partial charge in [0.25, 0.3) is 0 Å². The number of aromatic nitrogens is 1. The summed E-state index contributed by atoms with van der Waals surface area (Å²) < 4.78 is 1.53. The molecule has 1 heterocycles. The summed E-state index contributed by atoms with van der Waals surface area (Å²) in [6, 6.07) is 0.295. The molecule has 1 aliphatic carbocycles. The van der Waals surface area contributed by atoms with E-state index in [1.807, 2.05) is 6.92 Å². The smallest absolute Gasteiger partial charge is 0.307 e. The van der Waals surface area contributed by atoms with Crippen LogP contribution in [0, 0.1) is 12.8 Å². The Balaban J connectivity index is 1.88. The lowest BCUT2D eigenvalue weighted by molar-refractivity contribution is -0.122. The SMILES string of the molecule is Cc1csc(=O)n1CC(=O)NC1CCC(C)CC1. The maximum Gasteiger partial charge on any atom is 0.307 e. The van der Waals surface area contributed by atoms with E-state index in [1.54, 1.807) is 5.38 Å². The van der Waals surface area contributed by atoms with Gasteiger partial charge in [-0.15, -0.1) is 0 Å². The molecular weight excluding hydrogens is 248 g/mol. The van der Waals surface area contributed by atoms with Gasteiger partial charge in [0, 0.05) is 17.1 Å². The predicted octanol–water partition coefficient (Wildman–Crippen LogP) is 1.91. The molecule has 2 rings (SSSR count). The number of rotatable bonds is 3. The van der Waals surface area contributed by atoms with Crippen LogP contribution >= 0.6 is 11.3 Å². The van der Waals surface area contributed by atoms with E-state index in [2.05, 4.69) is 12.2 Å². The molecule has 18 heavy (non-hydrogen) atoms. The van der Waals surface area contributed by atoms with Gasteiger partial charge in [0.2, 0.25) is 5.91 Å². The number of thiazole rings is 1. The van der Waals surface area contributed by atoms with Crippen LogP contribution < -0.4 is 10.2 Å². The maximum absolute atomic E-state index is 11.9. The average molecular weight is 268 g/mol. The van der Waals surface area contributed by atoms with Crippen molar-refractivity contribution in [2.24, 2.45) is 5.92 Å². The fraction of sp³-hybridized carbons (Fsp3) is 0.692. The molecule has 0 aromatic carbocycles. The lowest BCUT2D eigenvalue weighted by Gasteiger charge is -2.26. The average Bonchev–Trinajstić information content (AvgIpc) is 2.64. The second-order valence-corrected chi connectivity index (χ2v) is 6.07. The molecule has 0 aliphatic heterocycles. The fourth-order valence-electron chi connectivity index (χ4n) is 2.42. The summed E-state index contributed by atoms with van der Waals surface area (Å²) in [5.41, 5.74) is 0.859. The molecule has 1 aliphatic rings. The molecule has 0 bridgehead atoms. The van der Waals surface area contributed by atoms with E-state index in [4.69, 9.17) is 0 Å². The van der Waals surface area contributed by atoms with Crippen molar-refractivity contribution in [1.29, 1.82) is 0 Å². The Bertz CT molecular complexity index is 470. The van der Waals surface area contributed by atoms with Crippen molar-refractivity contribution in [3.63, 3.8) is 0 Å². The Hall–Kier alpha value is -1.10. The molecule has 0 radical (unpaired) electrons. The number of amides is 1. The Kier molecular flexibility index (Phi) is 4.22. The first kappa shape index (κ1) is 13.3. The fourth-order valence-corrected chi connectivity index (χ4v) is 3.15. The maximum atomic E-state index is 11.9. The van der Waals surface area contributed by atoms with E-state index in [1.165, 1.54) is 17.4 Å². The highest BCUT2D eigenvalue weighted by Crippen LogP contribution is 2.23. The first-order chi connectivity index (χ1) is 8.56. The summed E-state index contributed by atoms with van der Waals surface area (Å²) in [5.74, 6) is 0.734. The van der Waals surface area contributed by atoms with Crippen LogP contribution in [0.25, 0.3) is 0 Å². The number of nitrogens with one attached hydrogen (secondary N) is 1. The highest BCUT2D eigenvalue weighted by molar-refractivity contribution is 7.07. The van der Waals surface area contributed by atoms with Crippen molar-refractivity contribution in [3.8, 4) is 0 Å². The third-order valence-corrected chi connectivity index (χ3v) is 4.54. The second-order valence-electron chi connectivity index (χ2n) is 5.25. The zero-order valence-corrected chi connectivity index (χ0v) is 11.8. The van der Waals surface area contributed by atoms with Crippen molar-refractivity contribution >= 4 is 17.2 Å². The van der Waals surface area contributed by atoms with E-state index < -0.39 is 0 Å². The highest BCUT2D eigenvalue weighted by atomic mass is 32.1. The van der Waals surface area contributed by atoms with Crippen LogP contribution in [0.3, 0.4) is 0 Å². The van der Waals surface area contributed by atoms with Crippen molar-refractivity contribution in [2.45, 2.75) is 52.1 Å². The summed E-state index contributed by atoms with van der Waals surface area (Å²) in [4.78, 5) is 23.4. The molecule has 1 amide bonds. The topological polar surface area (TPSA) is 51.1 Å². The van der Waals surface area contributed by atoms with Gasteiger partial charge in [-0.05, 0) is 38.5 Å². The van der Waals surface area contributed by atoms with Crippen LogP contribution in [0.4, 0.5) is 0 Å². The molecule has 5 heteroatoms. The zero-order chi connectivity index (χ0) is 13.1.